The molecule has 1 atom stereocenters. The van der Waals surface area contributed by atoms with Crippen molar-refractivity contribution < 1.29 is 4.39 Å². The molecule has 0 aliphatic carbocycles. The molecule has 0 spiro atoms. The molecular weight excluding hydrogens is 411 g/mol. The van der Waals surface area contributed by atoms with Crippen LogP contribution in [0.1, 0.15) is 36.9 Å². The number of nitrogens with zero attached hydrogens (tertiary/aromatic N) is 3. The number of rotatable bonds is 7. The van der Waals surface area contributed by atoms with Gasteiger partial charge < -0.3 is 14.8 Å². The molecule has 0 radical (unpaired) electrons. The number of nitrogens with one attached hydrogen (secondary N) is 1. The van der Waals surface area contributed by atoms with Crippen LogP contribution >= 0.6 is 0 Å². The Labute approximate surface area is 195 Å². The zero-order valence-corrected chi connectivity index (χ0v) is 19.1. The van der Waals surface area contributed by atoms with Gasteiger partial charge >= 0.3 is 0 Å². The Balaban J connectivity index is 1.28. The van der Waals surface area contributed by atoms with E-state index in [2.05, 4.69) is 64.2 Å². The number of piperidine rings is 1. The summed E-state index contributed by atoms with van der Waals surface area (Å²) < 4.78 is 15.7. The van der Waals surface area contributed by atoms with Gasteiger partial charge in [0.15, 0.2) is 0 Å². The van der Waals surface area contributed by atoms with Crippen LogP contribution in [0.3, 0.4) is 0 Å². The molecule has 1 aromatic heterocycles. The van der Waals surface area contributed by atoms with Crippen molar-refractivity contribution in [2.75, 3.05) is 25.0 Å². The molecule has 2 heterocycles. The van der Waals surface area contributed by atoms with Gasteiger partial charge in [-0.2, -0.15) is 0 Å². The van der Waals surface area contributed by atoms with Gasteiger partial charge in [-0.25, -0.2) is 9.37 Å². The van der Waals surface area contributed by atoms with Gasteiger partial charge in [-0.05, 0) is 61.6 Å². The lowest BCUT2D eigenvalue weighted by molar-refractivity contribution is 0.221. The topological polar surface area (TPSA) is 33.1 Å². The Morgan fingerprint density at radius 3 is 2.39 bits per heavy atom. The first kappa shape index (κ1) is 21.7. The fourth-order valence-corrected chi connectivity index (χ4v) is 4.84. The molecule has 1 unspecified atom stereocenters. The number of aromatic nitrogens is 2. The zero-order chi connectivity index (χ0) is 22.6. The monoisotopic (exact) mass is 442 g/mol. The SMILES string of the molecule is CC(c1ccc(F)cc1)n1c(NC2CCN(CCc3ccccc3)CC2)nc2ccccc21. The molecule has 1 fully saturated rings. The molecule has 170 valence electrons. The highest BCUT2D eigenvalue weighted by Gasteiger charge is 2.23. The van der Waals surface area contributed by atoms with E-state index in [1.165, 1.54) is 17.7 Å². The molecule has 33 heavy (non-hydrogen) atoms. The van der Waals surface area contributed by atoms with Gasteiger partial charge in [0.2, 0.25) is 5.95 Å². The Kier molecular flexibility index (Phi) is 6.40. The molecule has 0 amide bonds. The van der Waals surface area contributed by atoms with Crippen LogP contribution in [0.25, 0.3) is 11.0 Å². The van der Waals surface area contributed by atoms with Crippen molar-refractivity contribution in [1.29, 1.82) is 0 Å². The first-order valence-electron chi connectivity index (χ1n) is 11.9. The lowest BCUT2D eigenvalue weighted by Crippen LogP contribution is -2.40. The minimum absolute atomic E-state index is 0.0476. The smallest absolute Gasteiger partial charge is 0.204 e. The maximum absolute atomic E-state index is 13.5. The second kappa shape index (κ2) is 9.75. The van der Waals surface area contributed by atoms with Gasteiger partial charge in [-0.15, -0.1) is 0 Å². The van der Waals surface area contributed by atoms with Crippen molar-refractivity contribution in [3.8, 4) is 0 Å². The van der Waals surface area contributed by atoms with Crippen molar-refractivity contribution in [2.24, 2.45) is 0 Å². The van der Waals surface area contributed by atoms with E-state index in [-0.39, 0.29) is 11.9 Å². The lowest BCUT2D eigenvalue weighted by Gasteiger charge is -2.33. The normalized spacial score (nSPS) is 16.2. The maximum Gasteiger partial charge on any atom is 0.204 e. The minimum atomic E-state index is -0.209. The third-order valence-corrected chi connectivity index (χ3v) is 6.82. The van der Waals surface area contributed by atoms with E-state index in [1.807, 2.05) is 24.3 Å². The molecular formula is C28H31FN4. The van der Waals surface area contributed by atoms with Crippen LogP contribution in [0, 0.1) is 5.82 Å². The van der Waals surface area contributed by atoms with E-state index < -0.39 is 0 Å². The third kappa shape index (κ3) is 4.93. The standard InChI is InChI=1S/C28H31FN4/c1-21(23-11-13-24(29)14-12-23)33-27-10-6-5-9-26(27)31-28(33)30-25-16-19-32(20-17-25)18-15-22-7-3-2-4-8-22/h2-14,21,25H,15-20H2,1H3,(H,30,31). The summed E-state index contributed by atoms with van der Waals surface area (Å²) in [6.07, 6.45) is 3.30. The van der Waals surface area contributed by atoms with Gasteiger partial charge in [0.25, 0.3) is 0 Å². The summed E-state index contributed by atoms with van der Waals surface area (Å²) in [5.41, 5.74) is 4.55. The Morgan fingerprint density at radius 1 is 0.939 bits per heavy atom. The van der Waals surface area contributed by atoms with Crippen molar-refractivity contribution in [2.45, 2.75) is 38.3 Å². The van der Waals surface area contributed by atoms with Crippen LogP contribution < -0.4 is 5.32 Å². The van der Waals surface area contributed by atoms with E-state index in [0.29, 0.717) is 6.04 Å². The van der Waals surface area contributed by atoms with Gasteiger partial charge in [0.1, 0.15) is 5.82 Å². The number of likely N-dealkylation sites (tertiary alicyclic amines) is 1. The molecule has 5 heteroatoms. The molecule has 1 aliphatic rings. The molecule has 4 nitrogen and oxygen atoms in total. The molecule has 3 aromatic carbocycles. The predicted octanol–water partition coefficient (Wildman–Crippen LogP) is 5.90. The Morgan fingerprint density at radius 2 is 1.64 bits per heavy atom. The van der Waals surface area contributed by atoms with Crippen molar-refractivity contribution >= 4 is 17.0 Å². The summed E-state index contributed by atoms with van der Waals surface area (Å²) in [4.78, 5) is 7.49. The van der Waals surface area contributed by atoms with E-state index in [0.717, 1.165) is 61.4 Å². The molecule has 1 aliphatic heterocycles. The number of fused-ring (bicyclic) bond motifs is 1. The number of hydrogen-bond acceptors (Lipinski definition) is 3. The van der Waals surface area contributed by atoms with E-state index in [9.17, 15) is 4.39 Å². The number of benzene rings is 3. The highest BCUT2D eigenvalue weighted by atomic mass is 19.1. The Bertz CT molecular complexity index is 1180. The lowest BCUT2D eigenvalue weighted by atomic mass is 10.0. The summed E-state index contributed by atoms with van der Waals surface area (Å²) in [7, 11) is 0. The quantitative estimate of drug-likeness (QED) is 0.387. The highest BCUT2D eigenvalue weighted by molar-refractivity contribution is 5.79. The summed E-state index contributed by atoms with van der Waals surface area (Å²) in [6.45, 7) is 5.45. The molecule has 5 rings (SSSR count). The second-order valence-corrected chi connectivity index (χ2v) is 9.02. The Hall–Kier alpha value is -3.18. The zero-order valence-electron chi connectivity index (χ0n) is 19.1. The van der Waals surface area contributed by atoms with Crippen LogP contribution in [0.4, 0.5) is 10.3 Å². The number of imidazole rings is 1. The van der Waals surface area contributed by atoms with Crippen LogP contribution in [-0.4, -0.2) is 40.1 Å². The van der Waals surface area contributed by atoms with Crippen LogP contribution in [0.15, 0.2) is 78.9 Å². The minimum Gasteiger partial charge on any atom is -0.353 e. The highest BCUT2D eigenvalue weighted by Crippen LogP contribution is 2.30. The molecule has 0 saturated carbocycles. The van der Waals surface area contributed by atoms with Gasteiger partial charge in [-0.3, -0.25) is 0 Å². The van der Waals surface area contributed by atoms with Gasteiger partial charge in [0, 0.05) is 25.7 Å². The number of anilines is 1. The molecule has 1 saturated heterocycles. The summed E-state index contributed by atoms with van der Waals surface area (Å²) in [6, 6.07) is 26.2. The molecule has 1 N–H and O–H groups in total. The van der Waals surface area contributed by atoms with E-state index >= 15 is 0 Å². The van der Waals surface area contributed by atoms with E-state index in [4.69, 9.17) is 4.98 Å². The van der Waals surface area contributed by atoms with Gasteiger partial charge in [0.05, 0.1) is 17.1 Å². The van der Waals surface area contributed by atoms with Crippen molar-refractivity contribution in [3.05, 3.63) is 95.8 Å². The van der Waals surface area contributed by atoms with Gasteiger partial charge in [-0.1, -0.05) is 54.6 Å². The summed E-state index contributed by atoms with van der Waals surface area (Å²) in [5.74, 6) is 0.689. The average Bonchev–Trinajstić information content (AvgIpc) is 3.22. The van der Waals surface area contributed by atoms with Crippen LogP contribution in [0.5, 0.6) is 0 Å². The van der Waals surface area contributed by atoms with Crippen LogP contribution in [0.2, 0.25) is 0 Å². The molecule has 0 bridgehead atoms. The fourth-order valence-electron chi connectivity index (χ4n) is 4.84. The van der Waals surface area contributed by atoms with E-state index in [1.54, 1.807) is 0 Å². The molecule has 4 aromatic rings. The number of hydrogen-bond donors (Lipinski definition) is 1. The second-order valence-electron chi connectivity index (χ2n) is 9.02. The first-order chi connectivity index (χ1) is 16.2. The fraction of sp³-hybridized carbons (Fsp3) is 0.321. The van der Waals surface area contributed by atoms with Crippen molar-refractivity contribution in [3.63, 3.8) is 0 Å². The van der Waals surface area contributed by atoms with Crippen LogP contribution in [-0.2, 0) is 6.42 Å². The van der Waals surface area contributed by atoms with Crippen molar-refractivity contribution in [1.82, 2.24) is 14.5 Å². The number of para-hydroxylation sites is 2. The average molecular weight is 443 g/mol. The summed E-state index contributed by atoms with van der Waals surface area (Å²) >= 11 is 0. The maximum atomic E-state index is 13.5. The third-order valence-electron chi connectivity index (χ3n) is 6.82. The summed E-state index contributed by atoms with van der Waals surface area (Å²) in [5, 5.41) is 3.75. The largest absolute Gasteiger partial charge is 0.353 e. The number of halogens is 1. The predicted molar refractivity (Wildman–Crippen MR) is 133 cm³/mol. The first-order valence-corrected chi connectivity index (χ1v) is 11.9.